The van der Waals surface area contributed by atoms with Gasteiger partial charge in [0, 0.05) is 0 Å². The predicted molar refractivity (Wildman–Crippen MR) is 80.7 cm³/mol. The van der Waals surface area contributed by atoms with Crippen LogP contribution < -0.4 is 0 Å². The summed E-state index contributed by atoms with van der Waals surface area (Å²) in [5.74, 6) is 6.20. The molecular weight excluding hydrogens is 302 g/mol. The van der Waals surface area contributed by atoms with Crippen molar-refractivity contribution in [2.75, 3.05) is 19.5 Å². The number of alkyl halides is 1. The molecule has 0 aliphatic heterocycles. The van der Waals surface area contributed by atoms with E-state index in [0.717, 1.165) is 16.0 Å². The fourth-order valence-electron chi connectivity index (χ4n) is 2.19. The van der Waals surface area contributed by atoms with Crippen molar-refractivity contribution in [1.29, 1.82) is 0 Å². The Bertz CT molecular complexity index is 210. The Hall–Kier alpha value is 0.720. The van der Waals surface area contributed by atoms with E-state index in [2.05, 4.69) is 61.6 Å². The van der Waals surface area contributed by atoms with Crippen molar-refractivity contribution in [1.82, 2.24) is 0 Å². The van der Waals surface area contributed by atoms with Crippen LogP contribution >= 0.6 is 29.9 Å². The fourth-order valence-corrected chi connectivity index (χ4v) is 9.11. The van der Waals surface area contributed by atoms with Crippen LogP contribution in [0.5, 0.6) is 0 Å². The third-order valence-electron chi connectivity index (χ3n) is 3.07. The van der Waals surface area contributed by atoms with Gasteiger partial charge in [-0.2, -0.15) is 0 Å². The summed E-state index contributed by atoms with van der Waals surface area (Å²) in [4.78, 5) is 0. The summed E-state index contributed by atoms with van der Waals surface area (Å²) in [6.45, 7) is 11.7. The van der Waals surface area contributed by atoms with Gasteiger partial charge in [-0.25, -0.2) is 0 Å². The zero-order chi connectivity index (χ0) is 11.2. The summed E-state index contributed by atoms with van der Waals surface area (Å²) < 4.78 is 0.814. The molecule has 0 aliphatic carbocycles. The minimum atomic E-state index is -1.04. The van der Waals surface area contributed by atoms with E-state index in [1.165, 1.54) is 12.6 Å². The molecule has 0 nitrogen and oxygen atoms in total. The van der Waals surface area contributed by atoms with Gasteiger partial charge in [-0.1, -0.05) is 0 Å². The van der Waals surface area contributed by atoms with Crippen molar-refractivity contribution in [3.8, 4) is 11.8 Å². The van der Waals surface area contributed by atoms with Crippen LogP contribution in [0.3, 0.4) is 0 Å². The third kappa shape index (κ3) is 4.99. The van der Waals surface area contributed by atoms with E-state index in [4.69, 9.17) is 0 Å². The van der Waals surface area contributed by atoms with E-state index in [1.807, 2.05) is 6.92 Å². The summed E-state index contributed by atoms with van der Waals surface area (Å²) in [6, 6.07) is 0. The van der Waals surface area contributed by atoms with Crippen molar-refractivity contribution in [2.45, 2.75) is 43.2 Å². The maximum absolute atomic E-state index is 3.20. The Morgan fingerprint density at radius 3 is 2.29 bits per heavy atom. The SMILES string of the molecule is CC#CCC[PH](C)(C)C(CC)[C@@H](C)I. The van der Waals surface area contributed by atoms with E-state index in [0.29, 0.717) is 0 Å². The molecule has 1 unspecified atom stereocenters. The van der Waals surface area contributed by atoms with E-state index in [9.17, 15) is 0 Å². The minimum absolute atomic E-state index is 0.814. The van der Waals surface area contributed by atoms with Gasteiger partial charge >= 0.3 is 104 Å². The Morgan fingerprint density at radius 2 is 1.93 bits per heavy atom. The first kappa shape index (κ1) is 14.7. The van der Waals surface area contributed by atoms with Crippen LogP contribution in [0.1, 0.15) is 33.6 Å². The molecule has 0 N–H and O–H groups in total. The monoisotopic (exact) mass is 326 g/mol. The molecule has 0 rings (SSSR count). The van der Waals surface area contributed by atoms with Crippen molar-refractivity contribution in [3.63, 3.8) is 0 Å². The van der Waals surface area contributed by atoms with Gasteiger partial charge < -0.3 is 0 Å². The summed E-state index contributed by atoms with van der Waals surface area (Å²) in [5, 5.41) is 0. The van der Waals surface area contributed by atoms with Crippen molar-refractivity contribution in [2.24, 2.45) is 0 Å². The zero-order valence-corrected chi connectivity index (χ0v) is 13.3. The first-order valence-electron chi connectivity index (χ1n) is 5.49. The maximum atomic E-state index is 3.20. The normalized spacial score (nSPS) is 16.7. The average Bonchev–Trinajstić information content (AvgIpc) is 2.04. The second kappa shape index (κ2) is 7.07. The molecule has 0 saturated heterocycles. The molecule has 0 saturated carbocycles. The van der Waals surface area contributed by atoms with Crippen LogP contribution in [0.15, 0.2) is 0 Å². The Morgan fingerprint density at radius 1 is 1.36 bits per heavy atom. The van der Waals surface area contributed by atoms with Gasteiger partial charge in [0.2, 0.25) is 0 Å². The first-order chi connectivity index (χ1) is 6.45. The molecule has 84 valence electrons. The molecule has 14 heavy (non-hydrogen) atoms. The van der Waals surface area contributed by atoms with Gasteiger partial charge in [0.25, 0.3) is 0 Å². The van der Waals surface area contributed by atoms with Gasteiger partial charge in [-0.15, -0.1) is 0 Å². The number of hydrogen-bond donors (Lipinski definition) is 0. The Balaban J connectivity index is 4.30. The summed E-state index contributed by atoms with van der Waals surface area (Å²) >= 11 is 2.59. The van der Waals surface area contributed by atoms with E-state index < -0.39 is 7.26 Å². The number of halogens is 1. The van der Waals surface area contributed by atoms with Gasteiger partial charge in [-0.3, -0.25) is 0 Å². The summed E-state index contributed by atoms with van der Waals surface area (Å²) in [5.41, 5.74) is 0.946. The Kier molecular flexibility index (Phi) is 7.43. The molecule has 0 aromatic carbocycles. The quantitative estimate of drug-likeness (QED) is 0.310. The third-order valence-corrected chi connectivity index (χ3v) is 9.07. The predicted octanol–water partition coefficient (Wildman–Crippen LogP) is 4.01. The molecule has 2 atom stereocenters. The molecule has 0 amide bonds. The number of rotatable bonds is 5. The Labute approximate surface area is 104 Å². The van der Waals surface area contributed by atoms with Crippen molar-refractivity contribution < 1.29 is 0 Å². The summed E-state index contributed by atoms with van der Waals surface area (Å²) in [7, 11) is -1.04. The molecule has 0 heterocycles. The average molecular weight is 326 g/mol. The molecule has 0 spiro atoms. The van der Waals surface area contributed by atoms with Crippen molar-refractivity contribution >= 4 is 29.9 Å². The number of hydrogen-bond acceptors (Lipinski definition) is 0. The standard InChI is InChI=1S/C12H24IP/c1-6-8-9-10-14(4,5)12(7-2)11(3)13/h11-12,14H,7,9-10H2,1-5H3/t11-,12?/m1/s1. The van der Waals surface area contributed by atoms with Crippen LogP contribution in [0.25, 0.3) is 0 Å². The van der Waals surface area contributed by atoms with E-state index in [-0.39, 0.29) is 0 Å². The zero-order valence-electron chi connectivity index (χ0n) is 10.2. The molecule has 0 aromatic rings. The molecule has 0 fully saturated rings. The topological polar surface area (TPSA) is 0 Å². The van der Waals surface area contributed by atoms with Gasteiger partial charge in [0.15, 0.2) is 0 Å². The van der Waals surface area contributed by atoms with Gasteiger partial charge in [-0.05, 0) is 0 Å². The first-order valence-corrected chi connectivity index (χ1v) is 10.0. The second-order valence-corrected chi connectivity index (χ2v) is 11.8. The fraction of sp³-hybridized carbons (Fsp3) is 0.833. The van der Waals surface area contributed by atoms with Gasteiger partial charge in [0.05, 0.1) is 0 Å². The van der Waals surface area contributed by atoms with Crippen molar-refractivity contribution in [3.05, 3.63) is 0 Å². The second-order valence-electron chi connectivity index (χ2n) is 4.61. The van der Waals surface area contributed by atoms with Crippen LogP contribution in [-0.2, 0) is 0 Å². The molecule has 0 radical (unpaired) electrons. The van der Waals surface area contributed by atoms with Crippen LogP contribution in [0.4, 0.5) is 0 Å². The molecule has 0 aromatic heterocycles. The van der Waals surface area contributed by atoms with E-state index >= 15 is 0 Å². The van der Waals surface area contributed by atoms with Crippen LogP contribution in [0.2, 0.25) is 0 Å². The molecule has 0 bridgehead atoms. The molecule has 0 aliphatic rings. The molecular formula is C12H24IP. The van der Waals surface area contributed by atoms with E-state index in [1.54, 1.807) is 0 Å². The summed E-state index contributed by atoms with van der Waals surface area (Å²) in [6.07, 6.45) is 3.80. The van der Waals surface area contributed by atoms with Crippen LogP contribution in [-0.4, -0.2) is 29.1 Å². The van der Waals surface area contributed by atoms with Gasteiger partial charge in [0.1, 0.15) is 0 Å². The molecule has 2 heteroatoms. The van der Waals surface area contributed by atoms with Crippen LogP contribution in [0, 0.1) is 11.8 Å².